The van der Waals surface area contributed by atoms with Crippen molar-refractivity contribution in [3.63, 3.8) is 0 Å². The second-order valence-electron chi connectivity index (χ2n) is 9.20. The van der Waals surface area contributed by atoms with E-state index in [2.05, 4.69) is 35.5 Å². The number of halogens is 1. The number of aromatic nitrogens is 6. The topological polar surface area (TPSA) is 112 Å². The summed E-state index contributed by atoms with van der Waals surface area (Å²) in [6.45, 7) is 0. The third kappa shape index (κ3) is 3.81. The fourth-order valence-electron chi connectivity index (χ4n) is 4.57. The average Bonchev–Trinajstić information content (AvgIpc) is 3.55. The van der Waals surface area contributed by atoms with Gasteiger partial charge in [0.2, 0.25) is 5.91 Å². The number of rotatable bonds is 5. The molecule has 1 aliphatic rings. The van der Waals surface area contributed by atoms with Crippen molar-refractivity contribution >= 4 is 33.4 Å². The SMILES string of the molecule is O=C(Nc1cncc(-c2cc3c(-c4cc5c(-c6ccccc6F)nccc5[nH]4)n[nH]c3cn2)c1)C1CC1. The predicted molar refractivity (Wildman–Crippen MR) is 139 cm³/mol. The summed E-state index contributed by atoms with van der Waals surface area (Å²) in [6.07, 6.45) is 8.62. The summed E-state index contributed by atoms with van der Waals surface area (Å²) < 4.78 is 14.5. The van der Waals surface area contributed by atoms with Gasteiger partial charge in [-0.25, -0.2) is 4.39 Å². The van der Waals surface area contributed by atoms with Crippen LogP contribution in [0.25, 0.3) is 55.7 Å². The van der Waals surface area contributed by atoms with Gasteiger partial charge in [0.05, 0.1) is 40.7 Å². The van der Waals surface area contributed by atoms with Crippen LogP contribution in [-0.4, -0.2) is 36.0 Å². The fourth-order valence-corrected chi connectivity index (χ4v) is 4.57. The lowest BCUT2D eigenvalue weighted by molar-refractivity contribution is -0.117. The molecule has 0 bridgehead atoms. The van der Waals surface area contributed by atoms with Crippen molar-refractivity contribution in [2.24, 2.45) is 5.92 Å². The van der Waals surface area contributed by atoms with Crippen LogP contribution in [0, 0.1) is 11.7 Å². The minimum Gasteiger partial charge on any atom is -0.353 e. The van der Waals surface area contributed by atoms with Crippen LogP contribution in [-0.2, 0) is 4.79 Å². The lowest BCUT2D eigenvalue weighted by Crippen LogP contribution is -2.13. The molecule has 5 aromatic heterocycles. The zero-order valence-electron chi connectivity index (χ0n) is 19.5. The number of anilines is 1. The Morgan fingerprint density at radius 1 is 0.946 bits per heavy atom. The number of H-pyrrole nitrogens is 2. The number of nitrogens with zero attached hydrogens (tertiary/aromatic N) is 4. The van der Waals surface area contributed by atoms with Crippen LogP contribution in [0.5, 0.6) is 0 Å². The van der Waals surface area contributed by atoms with Crippen molar-refractivity contribution in [2.45, 2.75) is 12.8 Å². The number of carbonyl (C=O) groups is 1. The third-order valence-corrected chi connectivity index (χ3v) is 6.63. The molecule has 0 radical (unpaired) electrons. The molecule has 1 fully saturated rings. The molecule has 5 heterocycles. The second kappa shape index (κ2) is 8.34. The Bertz CT molecular complexity index is 1820. The minimum absolute atomic E-state index is 0.0301. The Hall–Kier alpha value is -4.92. The molecule has 0 saturated heterocycles. The van der Waals surface area contributed by atoms with Crippen LogP contribution in [0.15, 0.2) is 73.3 Å². The van der Waals surface area contributed by atoms with Crippen molar-refractivity contribution < 1.29 is 9.18 Å². The highest BCUT2D eigenvalue weighted by molar-refractivity contribution is 6.00. The molecule has 180 valence electrons. The molecule has 1 aliphatic carbocycles. The lowest BCUT2D eigenvalue weighted by atomic mass is 10.1. The number of fused-ring (bicyclic) bond motifs is 2. The molecule has 1 aromatic carbocycles. The molecule has 7 rings (SSSR count). The predicted octanol–water partition coefficient (Wildman–Crippen LogP) is 5.72. The number of carbonyl (C=O) groups excluding carboxylic acids is 1. The van der Waals surface area contributed by atoms with E-state index in [4.69, 9.17) is 0 Å². The molecule has 0 unspecified atom stereocenters. The molecular formula is C28H20FN7O. The number of hydrogen-bond donors (Lipinski definition) is 3. The number of aromatic amines is 2. The van der Waals surface area contributed by atoms with E-state index in [1.54, 1.807) is 43.0 Å². The van der Waals surface area contributed by atoms with Crippen molar-refractivity contribution in [2.75, 3.05) is 5.32 Å². The third-order valence-electron chi connectivity index (χ3n) is 6.63. The molecule has 0 aliphatic heterocycles. The highest BCUT2D eigenvalue weighted by Gasteiger charge is 2.29. The molecule has 1 saturated carbocycles. The first-order valence-electron chi connectivity index (χ1n) is 12.0. The van der Waals surface area contributed by atoms with Gasteiger partial charge in [-0.05, 0) is 49.2 Å². The summed E-state index contributed by atoms with van der Waals surface area (Å²) in [7, 11) is 0. The fraction of sp³-hybridized carbons (Fsp3) is 0.107. The van der Waals surface area contributed by atoms with Crippen LogP contribution in [0.4, 0.5) is 10.1 Å². The van der Waals surface area contributed by atoms with E-state index in [1.165, 1.54) is 6.07 Å². The summed E-state index contributed by atoms with van der Waals surface area (Å²) in [6, 6.07) is 14.2. The summed E-state index contributed by atoms with van der Waals surface area (Å²) in [5.74, 6) is -0.185. The quantitative estimate of drug-likeness (QED) is 0.287. The number of hydrogen-bond acceptors (Lipinski definition) is 5. The summed E-state index contributed by atoms with van der Waals surface area (Å²) >= 11 is 0. The first-order valence-corrected chi connectivity index (χ1v) is 12.0. The van der Waals surface area contributed by atoms with E-state index in [0.717, 1.165) is 45.9 Å². The zero-order chi connectivity index (χ0) is 24.9. The van der Waals surface area contributed by atoms with Gasteiger partial charge in [-0.3, -0.25) is 24.8 Å². The van der Waals surface area contributed by atoms with Gasteiger partial charge in [-0.1, -0.05) is 12.1 Å². The molecular weight excluding hydrogens is 469 g/mol. The Labute approximate surface area is 210 Å². The Balaban J connectivity index is 1.29. The first kappa shape index (κ1) is 21.4. The molecule has 37 heavy (non-hydrogen) atoms. The van der Waals surface area contributed by atoms with Crippen molar-refractivity contribution in [3.05, 3.63) is 79.1 Å². The standard InChI is InChI=1S/C28H20FN7O/c29-21-4-2-1-3-18(21)26-19-11-24(34-22(19)7-8-31-26)27-20-10-23(32-14-25(20)35-36-27)16-9-17(13-30-12-16)33-28(37)15-5-6-15/h1-4,7-15,34H,5-6H2,(H,33,37)(H,35,36). The van der Waals surface area contributed by atoms with Gasteiger partial charge in [0, 0.05) is 45.7 Å². The van der Waals surface area contributed by atoms with Gasteiger partial charge in [0.1, 0.15) is 11.5 Å². The van der Waals surface area contributed by atoms with Gasteiger partial charge in [-0.2, -0.15) is 5.10 Å². The maximum atomic E-state index is 14.5. The van der Waals surface area contributed by atoms with E-state index in [9.17, 15) is 9.18 Å². The number of benzene rings is 1. The molecule has 6 aromatic rings. The van der Waals surface area contributed by atoms with Gasteiger partial charge >= 0.3 is 0 Å². The first-order chi connectivity index (χ1) is 18.1. The van der Waals surface area contributed by atoms with E-state index in [-0.39, 0.29) is 17.6 Å². The normalized spacial score (nSPS) is 13.3. The van der Waals surface area contributed by atoms with Gasteiger partial charge in [0.15, 0.2) is 0 Å². The Kier molecular flexibility index (Phi) is 4.81. The lowest BCUT2D eigenvalue weighted by Gasteiger charge is -2.06. The molecule has 3 N–H and O–H groups in total. The van der Waals surface area contributed by atoms with Crippen molar-refractivity contribution in [1.82, 2.24) is 30.1 Å². The summed E-state index contributed by atoms with van der Waals surface area (Å²) in [5.41, 5.74) is 6.23. The van der Waals surface area contributed by atoms with Crippen LogP contribution in [0.3, 0.4) is 0 Å². The maximum Gasteiger partial charge on any atom is 0.227 e. The largest absolute Gasteiger partial charge is 0.353 e. The van der Waals surface area contributed by atoms with Gasteiger partial charge in [-0.15, -0.1) is 0 Å². The monoisotopic (exact) mass is 489 g/mol. The van der Waals surface area contributed by atoms with Crippen LogP contribution >= 0.6 is 0 Å². The van der Waals surface area contributed by atoms with E-state index in [1.807, 2.05) is 24.3 Å². The van der Waals surface area contributed by atoms with Crippen LogP contribution in [0.2, 0.25) is 0 Å². The summed E-state index contributed by atoms with van der Waals surface area (Å²) in [4.78, 5) is 28.9. The zero-order valence-corrected chi connectivity index (χ0v) is 19.5. The number of pyridine rings is 3. The minimum atomic E-state index is -0.324. The number of amides is 1. The van der Waals surface area contributed by atoms with Gasteiger partial charge < -0.3 is 10.3 Å². The van der Waals surface area contributed by atoms with Crippen molar-refractivity contribution in [1.29, 1.82) is 0 Å². The highest BCUT2D eigenvalue weighted by atomic mass is 19.1. The Morgan fingerprint density at radius 2 is 1.81 bits per heavy atom. The Morgan fingerprint density at radius 3 is 2.68 bits per heavy atom. The van der Waals surface area contributed by atoms with E-state index in [0.29, 0.717) is 28.3 Å². The van der Waals surface area contributed by atoms with Crippen LogP contribution in [0.1, 0.15) is 12.8 Å². The highest BCUT2D eigenvalue weighted by Crippen LogP contribution is 2.35. The second-order valence-corrected chi connectivity index (χ2v) is 9.20. The molecule has 0 atom stereocenters. The van der Waals surface area contributed by atoms with Gasteiger partial charge in [0.25, 0.3) is 0 Å². The molecule has 1 amide bonds. The molecule has 8 nitrogen and oxygen atoms in total. The van der Waals surface area contributed by atoms with Crippen LogP contribution < -0.4 is 5.32 Å². The average molecular weight is 490 g/mol. The number of nitrogens with one attached hydrogen (secondary N) is 3. The van der Waals surface area contributed by atoms with E-state index >= 15 is 0 Å². The summed E-state index contributed by atoms with van der Waals surface area (Å²) in [5, 5.41) is 12.2. The smallest absolute Gasteiger partial charge is 0.227 e. The van der Waals surface area contributed by atoms with E-state index < -0.39 is 0 Å². The maximum absolute atomic E-state index is 14.5. The molecule has 9 heteroatoms. The van der Waals surface area contributed by atoms with Crippen molar-refractivity contribution in [3.8, 4) is 33.9 Å². The molecule has 0 spiro atoms.